The molecule has 300 valence electrons. The van der Waals surface area contributed by atoms with Crippen molar-refractivity contribution < 1.29 is 4.74 Å². The number of nitrogens with zero attached hydrogens (tertiary/aromatic N) is 1. The Kier molecular flexibility index (Phi) is 6.91. The number of hydrogen-bond donors (Lipinski definition) is 0. The van der Waals surface area contributed by atoms with E-state index in [0.717, 1.165) is 28.1 Å². The topological polar surface area (TPSA) is 14.2 Å². The van der Waals surface area contributed by atoms with Crippen LogP contribution in [-0.4, -0.2) is 4.57 Å². The van der Waals surface area contributed by atoms with Crippen LogP contribution in [0.2, 0.25) is 0 Å². The van der Waals surface area contributed by atoms with Gasteiger partial charge in [-0.1, -0.05) is 176 Å². The molecule has 11 aromatic carbocycles. The molecule has 2 heteroatoms. The van der Waals surface area contributed by atoms with Crippen molar-refractivity contribution in [3.05, 3.63) is 247 Å². The van der Waals surface area contributed by atoms with Crippen LogP contribution in [0.1, 0.15) is 22.3 Å². The Balaban J connectivity index is 0.907. The summed E-state index contributed by atoms with van der Waals surface area (Å²) in [6.45, 7) is 0. The first-order valence-electron chi connectivity index (χ1n) is 22.6. The predicted molar refractivity (Wildman–Crippen MR) is 268 cm³/mol. The average Bonchev–Trinajstić information content (AvgIpc) is 3.98. The highest BCUT2D eigenvalue weighted by atomic mass is 16.5. The van der Waals surface area contributed by atoms with Gasteiger partial charge in [0.1, 0.15) is 11.5 Å². The number of para-hydroxylation sites is 2. The molecule has 15 rings (SSSR count). The molecule has 3 aliphatic rings. The number of fused-ring (bicyclic) bond motifs is 17. The smallest absolute Gasteiger partial charge is 0.135 e. The second-order valence-corrected chi connectivity index (χ2v) is 17.9. The Bertz CT molecular complexity index is 4040. The summed E-state index contributed by atoms with van der Waals surface area (Å²) in [4.78, 5) is 0. The summed E-state index contributed by atoms with van der Waals surface area (Å²) < 4.78 is 9.22. The fourth-order valence-electron chi connectivity index (χ4n) is 12.2. The lowest BCUT2D eigenvalue weighted by Gasteiger charge is -2.30. The number of rotatable bonds is 3. The van der Waals surface area contributed by atoms with Gasteiger partial charge in [-0.05, 0) is 137 Å². The van der Waals surface area contributed by atoms with Crippen LogP contribution in [0.15, 0.2) is 224 Å². The van der Waals surface area contributed by atoms with Crippen LogP contribution >= 0.6 is 0 Å². The van der Waals surface area contributed by atoms with E-state index in [2.05, 4.69) is 229 Å². The van der Waals surface area contributed by atoms with E-state index in [0.29, 0.717) is 0 Å². The molecule has 1 spiro atoms. The van der Waals surface area contributed by atoms with Gasteiger partial charge in [0.2, 0.25) is 0 Å². The molecule has 0 saturated heterocycles. The first kappa shape index (κ1) is 35.1. The molecule has 0 bridgehead atoms. The molecule has 1 atom stereocenters. The molecule has 0 amide bonds. The van der Waals surface area contributed by atoms with E-state index >= 15 is 0 Å². The van der Waals surface area contributed by atoms with Gasteiger partial charge in [-0.2, -0.15) is 0 Å². The number of benzene rings is 11. The molecular weight excluding hydrogens is 787 g/mol. The lowest BCUT2D eigenvalue weighted by molar-refractivity contribution is 0.487. The quantitative estimate of drug-likeness (QED) is 0.173. The first-order chi connectivity index (χ1) is 32.3. The highest BCUT2D eigenvalue weighted by molar-refractivity contribution is 6.14. The molecule has 2 nitrogen and oxygen atoms in total. The molecule has 1 aliphatic heterocycles. The zero-order valence-electron chi connectivity index (χ0n) is 35.2. The third-order valence-corrected chi connectivity index (χ3v) is 14.8. The molecule has 2 heterocycles. The maximum Gasteiger partial charge on any atom is 0.135 e. The van der Waals surface area contributed by atoms with Crippen LogP contribution in [0.4, 0.5) is 0 Å². The molecular formula is C63H37NO. The highest BCUT2D eigenvalue weighted by Gasteiger charge is 2.52. The largest absolute Gasteiger partial charge is 0.456 e. The third-order valence-electron chi connectivity index (χ3n) is 14.8. The van der Waals surface area contributed by atoms with Crippen LogP contribution in [0.25, 0.3) is 105 Å². The molecule has 0 N–H and O–H groups in total. The summed E-state index contributed by atoms with van der Waals surface area (Å²) in [5.74, 6) is 1.77. The summed E-state index contributed by atoms with van der Waals surface area (Å²) in [6, 6.07) is 83.1. The Morgan fingerprint density at radius 3 is 1.82 bits per heavy atom. The van der Waals surface area contributed by atoms with Crippen molar-refractivity contribution in [3.63, 3.8) is 0 Å². The molecule has 2 aliphatic carbocycles. The Hall–Kier alpha value is -8.46. The van der Waals surface area contributed by atoms with Crippen molar-refractivity contribution in [3.8, 4) is 72.8 Å². The lowest BCUT2D eigenvalue weighted by Crippen LogP contribution is -2.25. The zero-order valence-corrected chi connectivity index (χ0v) is 35.2. The maximum absolute atomic E-state index is 6.85. The van der Waals surface area contributed by atoms with Crippen molar-refractivity contribution in [2.45, 2.75) is 5.41 Å². The van der Waals surface area contributed by atoms with Gasteiger partial charge in [-0.15, -0.1) is 0 Å². The van der Waals surface area contributed by atoms with Crippen molar-refractivity contribution in [2.24, 2.45) is 0 Å². The minimum absolute atomic E-state index is 0.435. The van der Waals surface area contributed by atoms with E-state index in [-0.39, 0.29) is 0 Å². The Morgan fingerprint density at radius 1 is 0.323 bits per heavy atom. The monoisotopic (exact) mass is 823 g/mol. The molecule has 0 fully saturated rings. The van der Waals surface area contributed by atoms with Gasteiger partial charge in [0.05, 0.1) is 16.4 Å². The standard InChI is InChI=1S/C63H37NO/c1-2-15-41(16-3-1)64-56-27-11-8-18-45(56)50-36-39(29-33-57(50)64)42-31-35-59-62-46(42)22-12-23-47(62)51-37-40(30-34-58(51)65-59)44-21-13-26-54-61(44)49-20-7-10-25-53(49)63(54)52-24-9-6-19-48(52)60-43-17-5-4-14-38(43)28-32-55(60)63/h1-37H. The van der Waals surface area contributed by atoms with Crippen LogP contribution < -0.4 is 4.74 Å². The van der Waals surface area contributed by atoms with Gasteiger partial charge in [0, 0.05) is 27.4 Å². The second kappa shape index (κ2) is 12.8. The molecule has 1 unspecified atom stereocenters. The van der Waals surface area contributed by atoms with Crippen molar-refractivity contribution >= 4 is 43.4 Å². The van der Waals surface area contributed by atoms with Gasteiger partial charge >= 0.3 is 0 Å². The lowest BCUT2D eigenvalue weighted by atomic mass is 9.70. The average molecular weight is 824 g/mol. The van der Waals surface area contributed by atoms with Crippen LogP contribution in [-0.2, 0) is 5.41 Å². The third kappa shape index (κ3) is 4.53. The number of ether oxygens (including phenoxy) is 1. The molecule has 0 saturated carbocycles. The normalized spacial score (nSPS) is 15.0. The minimum Gasteiger partial charge on any atom is -0.456 e. The molecule has 65 heavy (non-hydrogen) atoms. The van der Waals surface area contributed by atoms with Crippen LogP contribution in [0.3, 0.4) is 0 Å². The van der Waals surface area contributed by atoms with Gasteiger partial charge in [0.15, 0.2) is 0 Å². The summed E-state index contributed by atoms with van der Waals surface area (Å²) in [5.41, 5.74) is 20.9. The van der Waals surface area contributed by atoms with E-state index in [1.54, 1.807) is 0 Å². The predicted octanol–water partition coefficient (Wildman–Crippen LogP) is 16.5. The van der Waals surface area contributed by atoms with Gasteiger partial charge < -0.3 is 9.30 Å². The van der Waals surface area contributed by atoms with Crippen molar-refractivity contribution in [2.75, 3.05) is 0 Å². The van der Waals surface area contributed by atoms with Crippen molar-refractivity contribution in [1.82, 2.24) is 4.57 Å². The molecule has 0 radical (unpaired) electrons. The second-order valence-electron chi connectivity index (χ2n) is 17.9. The van der Waals surface area contributed by atoms with E-state index in [9.17, 15) is 0 Å². The Morgan fingerprint density at radius 2 is 0.938 bits per heavy atom. The van der Waals surface area contributed by atoms with E-state index in [1.165, 1.54) is 110 Å². The first-order valence-corrected chi connectivity index (χ1v) is 22.6. The maximum atomic E-state index is 6.85. The molecule has 12 aromatic rings. The number of aromatic nitrogens is 1. The Labute approximate surface area is 375 Å². The van der Waals surface area contributed by atoms with Gasteiger partial charge in [-0.25, -0.2) is 0 Å². The number of hydrogen-bond acceptors (Lipinski definition) is 1. The van der Waals surface area contributed by atoms with E-state index in [1.807, 2.05) is 0 Å². The summed E-state index contributed by atoms with van der Waals surface area (Å²) >= 11 is 0. The van der Waals surface area contributed by atoms with Crippen molar-refractivity contribution in [1.29, 1.82) is 0 Å². The summed E-state index contributed by atoms with van der Waals surface area (Å²) in [6.07, 6.45) is 0. The van der Waals surface area contributed by atoms with E-state index in [4.69, 9.17) is 4.74 Å². The SMILES string of the molecule is c1ccc(-n2c3ccccc3c3cc(-c4ccc5c6c(cccc46)-c4cc(-c6cccc7c6-c6ccccc6C76c7ccccc7-c7c6ccc6ccccc76)ccc4O5)ccc32)cc1. The van der Waals surface area contributed by atoms with Gasteiger partial charge in [-0.3, -0.25) is 0 Å². The van der Waals surface area contributed by atoms with Crippen LogP contribution in [0.5, 0.6) is 11.5 Å². The zero-order chi connectivity index (χ0) is 42.4. The fourth-order valence-corrected chi connectivity index (χ4v) is 12.2. The van der Waals surface area contributed by atoms with Gasteiger partial charge in [0.25, 0.3) is 0 Å². The fraction of sp³-hybridized carbons (Fsp3) is 0.0159. The van der Waals surface area contributed by atoms with Crippen LogP contribution in [0, 0.1) is 0 Å². The minimum atomic E-state index is -0.435. The highest BCUT2D eigenvalue weighted by Crippen LogP contribution is 2.65. The molecule has 1 aromatic heterocycles. The summed E-state index contributed by atoms with van der Waals surface area (Å²) in [5, 5.41) is 7.40. The van der Waals surface area contributed by atoms with E-state index < -0.39 is 5.41 Å². The summed E-state index contributed by atoms with van der Waals surface area (Å²) in [7, 11) is 0.